The minimum absolute atomic E-state index is 0.0232. The number of carbonyl (C=O) groups is 2. The molecule has 0 bridgehead atoms. The van der Waals surface area contributed by atoms with Gasteiger partial charge in [-0.1, -0.05) is 19.3 Å². The molecule has 2 fully saturated rings. The molecule has 1 aliphatic heterocycles. The standard InChI is InChI=1S/C17H28F3N3O2/c1-2-23(13-7-4-3-5-8-13)15(24)11-22-10-6-9-14(22)16(25)21-12-17(18,19)20/h13-14H,2-12H2,1H3,(H,21,25). The second-order valence-corrected chi connectivity index (χ2v) is 6.93. The number of rotatable bonds is 6. The fourth-order valence-electron chi connectivity index (χ4n) is 3.91. The van der Waals surface area contributed by atoms with Crippen LogP contribution in [0.2, 0.25) is 0 Å². The molecule has 5 nitrogen and oxygen atoms in total. The summed E-state index contributed by atoms with van der Waals surface area (Å²) < 4.78 is 36.8. The summed E-state index contributed by atoms with van der Waals surface area (Å²) >= 11 is 0. The summed E-state index contributed by atoms with van der Waals surface area (Å²) in [6.07, 6.45) is 2.26. The molecule has 1 saturated carbocycles. The topological polar surface area (TPSA) is 52.7 Å². The van der Waals surface area contributed by atoms with Gasteiger partial charge in [-0.3, -0.25) is 14.5 Å². The summed E-state index contributed by atoms with van der Waals surface area (Å²) in [6, 6.07) is -0.386. The zero-order chi connectivity index (χ0) is 18.4. The number of halogens is 3. The largest absolute Gasteiger partial charge is 0.405 e. The van der Waals surface area contributed by atoms with E-state index in [1.54, 1.807) is 4.90 Å². The molecule has 8 heteroatoms. The Labute approximate surface area is 146 Å². The third-order valence-electron chi connectivity index (χ3n) is 5.14. The van der Waals surface area contributed by atoms with Crippen LogP contribution in [0.3, 0.4) is 0 Å². The number of amides is 2. The highest BCUT2D eigenvalue weighted by Gasteiger charge is 2.36. The number of hydrogen-bond donors (Lipinski definition) is 1. The van der Waals surface area contributed by atoms with E-state index in [-0.39, 0.29) is 18.5 Å². The van der Waals surface area contributed by atoms with Crippen LogP contribution in [0.1, 0.15) is 51.9 Å². The van der Waals surface area contributed by atoms with Gasteiger partial charge in [0.15, 0.2) is 0 Å². The van der Waals surface area contributed by atoms with Crippen molar-refractivity contribution in [3.8, 4) is 0 Å². The first-order valence-corrected chi connectivity index (χ1v) is 9.20. The highest BCUT2D eigenvalue weighted by molar-refractivity contribution is 5.84. The minimum atomic E-state index is -4.42. The van der Waals surface area contributed by atoms with Gasteiger partial charge < -0.3 is 10.2 Å². The van der Waals surface area contributed by atoms with E-state index in [0.29, 0.717) is 25.9 Å². The maximum Gasteiger partial charge on any atom is 0.405 e. The van der Waals surface area contributed by atoms with Gasteiger partial charge in [-0.25, -0.2) is 0 Å². The summed E-state index contributed by atoms with van der Waals surface area (Å²) in [5.74, 6) is -0.659. The quantitative estimate of drug-likeness (QED) is 0.788. The van der Waals surface area contributed by atoms with Crippen molar-refractivity contribution in [1.29, 1.82) is 0 Å². The van der Waals surface area contributed by atoms with E-state index in [0.717, 1.165) is 25.7 Å². The maximum atomic E-state index is 12.7. The molecule has 0 aromatic rings. The van der Waals surface area contributed by atoms with Gasteiger partial charge in [-0.05, 0) is 39.2 Å². The SMILES string of the molecule is CCN(C(=O)CN1CCCC1C(=O)NCC(F)(F)F)C1CCCCC1. The molecule has 0 spiro atoms. The number of nitrogens with one attached hydrogen (secondary N) is 1. The van der Waals surface area contributed by atoms with Crippen molar-refractivity contribution < 1.29 is 22.8 Å². The first-order chi connectivity index (χ1) is 11.8. The van der Waals surface area contributed by atoms with Crippen LogP contribution < -0.4 is 5.32 Å². The smallest absolute Gasteiger partial charge is 0.346 e. The number of carbonyl (C=O) groups excluding carboxylic acids is 2. The molecule has 1 atom stereocenters. The van der Waals surface area contributed by atoms with Gasteiger partial charge in [-0.15, -0.1) is 0 Å². The van der Waals surface area contributed by atoms with E-state index in [2.05, 4.69) is 0 Å². The van der Waals surface area contributed by atoms with Crippen LogP contribution in [0, 0.1) is 0 Å². The highest BCUT2D eigenvalue weighted by atomic mass is 19.4. The predicted molar refractivity (Wildman–Crippen MR) is 87.9 cm³/mol. The lowest BCUT2D eigenvalue weighted by Crippen LogP contribution is -2.51. The fourth-order valence-corrected chi connectivity index (χ4v) is 3.91. The van der Waals surface area contributed by atoms with E-state index in [1.165, 1.54) is 6.42 Å². The average molecular weight is 363 g/mol. The second kappa shape index (κ2) is 8.87. The Bertz CT molecular complexity index is 465. The molecule has 2 rings (SSSR count). The molecule has 0 aromatic heterocycles. The van der Waals surface area contributed by atoms with Gasteiger partial charge in [0.25, 0.3) is 0 Å². The number of likely N-dealkylation sites (N-methyl/N-ethyl adjacent to an activating group) is 1. The van der Waals surface area contributed by atoms with Crippen LogP contribution in [-0.2, 0) is 9.59 Å². The molecule has 1 N–H and O–H groups in total. The summed E-state index contributed by atoms with van der Waals surface area (Å²) in [7, 11) is 0. The van der Waals surface area contributed by atoms with Gasteiger partial charge in [0.1, 0.15) is 6.54 Å². The van der Waals surface area contributed by atoms with Crippen molar-refractivity contribution in [3.63, 3.8) is 0 Å². The zero-order valence-electron chi connectivity index (χ0n) is 14.8. The van der Waals surface area contributed by atoms with Crippen molar-refractivity contribution in [3.05, 3.63) is 0 Å². The first kappa shape index (κ1) is 20.0. The van der Waals surface area contributed by atoms with Crippen molar-refractivity contribution in [2.75, 3.05) is 26.2 Å². The highest BCUT2D eigenvalue weighted by Crippen LogP contribution is 2.24. The fraction of sp³-hybridized carbons (Fsp3) is 0.882. The van der Waals surface area contributed by atoms with Gasteiger partial charge in [0.05, 0.1) is 12.6 Å². The number of likely N-dealkylation sites (tertiary alicyclic amines) is 1. The van der Waals surface area contributed by atoms with Crippen LogP contribution in [-0.4, -0.2) is 66.1 Å². The van der Waals surface area contributed by atoms with Gasteiger partial charge in [-0.2, -0.15) is 13.2 Å². The summed E-state index contributed by atoms with van der Waals surface area (Å²) in [5, 5.41) is 1.94. The maximum absolute atomic E-state index is 12.7. The Morgan fingerprint density at radius 1 is 1.12 bits per heavy atom. The van der Waals surface area contributed by atoms with Crippen LogP contribution in [0.5, 0.6) is 0 Å². The lowest BCUT2D eigenvalue weighted by atomic mass is 9.94. The van der Waals surface area contributed by atoms with Gasteiger partial charge in [0.2, 0.25) is 11.8 Å². The normalized spacial score (nSPS) is 22.8. The monoisotopic (exact) mass is 363 g/mol. The molecular formula is C17H28F3N3O2. The number of alkyl halides is 3. The molecule has 1 aliphatic carbocycles. The van der Waals surface area contributed by atoms with Crippen LogP contribution >= 0.6 is 0 Å². The Morgan fingerprint density at radius 2 is 1.80 bits per heavy atom. The Hall–Kier alpha value is -1.31. The molecular weight excluding hydrogens is 335 g/mol. The molecule has 1 saturated heterocycles. The van der Waals surface area contributed by atoms with Crippen molar-refractivity contribution in [1.82, 2.24) is 15.1 Å². The van der Waals surface area contributed by atoms with E-state index in [1.807, 2.05) is 17.1 Å². The van der Waals surface area contributed by atoms with Crippen LogP contribution in [0.4, 0.5) is 13.2 Å². The molecule has 2 aliphatic rings. The lowest BCUT2D eigenvalue weighted by Gasteiger charge is -2.35. The van der Waals surface area contributed by atoms with Gasteiger partial charge >= 0.3 is 6.18 Å². The number of nitrogens with zero attached hydrogens (tertiary/aromatic N) is 2. The van der Waals surface area contributed by atoms with Crippen molar-refractivity contribution >= 4 is 11.8 Å². The molecule has 0 aromatic carbocycles. The average Bonchev–Trinajstić information content (AvgIpc) is 3.02. The summed E-state index contributed by atoms with van der Waals surface area (Å²) in [4.78, 5) is 28.3. The Balaban J connectivity index is 1.90. The molecule has 1 heterocycles. The van der Waals surface area contributed by atoms with E-state index >= 15 is 0 Å². The molecule has 144 valence electrons. The summed E-state index contributed by atoms with van der Waals surface area (Å²) in [5.41, 5.74) is 0. The molecule has 25 heavy (non-hydrogen) atoms. The van der Waals surface area contributed by atoms with Crippen LogP contribution in [0.25, 0.3) is 0 Å². The second-order valence-electron chi connectivity index (χ2n) is 6.93. The van der Waals surface area contributed by atoms with E-state index in [4.69, 9.17) is 0 Å². The Kier molecular flexibility index (Phi) is 7.10. The van der Waals surface area contributed by atoms with E-state index < -0.39 is 24.7 Å². The van der Waals surface area contributed by atoms with Gasteiger partial charge in [0, 0.05) is 12.6 Å². The molecule has 2 amide bonds. The predicted octanol–water partition coefficient (Wildman–Crippen LogP) is 2.31. The molecule has 1 unspecified atom stereocenters. The third-order valence-corrected chi connectivity index (χ3v) is 5.14. The van der Waals surface area contributed by atoms with Crippen molar-refractivity contribution in [2.24, 2.45) is 0 Å². The summed E-state index contributed by atoms with van der Waals surface area (Å²) in [6.45, 7) is 1.92. The minimum Gasteiger partial charge on any atom is -0.346 e. The Morgan fingerprint density at radius 3 is 2.40 bits per heavy atom. The first-order valence-electron chi connectivity index (χ1n) is 9.20. The zero-order valence-corrected chi connectivity index (χ0v) is 14.8. The van der Waals surface area contributed by atoms with E-state index in [9.17, 15) is 22.8 Å². The molecule has 0 radical (unpaired) electrons. The van der Waals surface area contributed by atoms with Crippen molar-refractivity contribution in [2.45, 2.75) is 70.1 Å². The third kappa shape index (κ3) is 5.87. The van der Waals surface area contributed by atoms with Crippen LogP contribution in [0.15, 0.2) is 0 Å². The number of hydrogen-bond acceptors (Lipinski definition) is 3. The lowest BCUT2D eigenvalue weighted by molar-refractivity contribution is -0.142.